The molecule has 0 N–H and O–H groups in total. The molecule has 0 saturated carbocycles. The second-order valence-corrected chi connectivity index (χ2v) is 8.22. The van der Waals surface area contributed by atoms with E-state index in [9.17, 15) is 12.8 Å². The highest BCUT2D eigenvalue weighted by Crippen LogP contribution is 2.22. The molecule has 9 heteroatoms. The molecule has 2 aromatic heterocycles. The van der Waals surface area contributed by atoms with Crippen LogP contribution in [0.3, 0.4) is 0 Å². The van der Waals surface area contributed by atoms with Crippen LogP contribution in [0.15, 0.2) is 65.7 Å². The Morgan fingerprint density at radius 1 is 0.821 bits per heavy atom. The maximum Gasteiger partial charge on any atom is 0.246 e. The molecular weight excluding hydrogens is 381 g/mol. The van der Waals surface area contributed by atoms with Gasteiger partial charge < -0.3 is 4.90 Å². The van der Waals surface area contributed by atoms with Crippen molar-refractivity contribution in [2.24, 2.45) is 0 Å². The van der Waals surface area contributed by atoms with Crippen LogP contribution in [0.25, 0.3) is 11.4 Å². The van der Waals surface area contributed by atoms with Gasteiger partial charge in [0.15, 0.2) is 5.82 Å². The van der Waals surface area contributed by atoms with E-state index in [-0.39, 0.29) is 18.0 Å². The van der Waals surface area contributed by atoms with Gasteiger partial charge in [0.1, 0.15) is 16.4 Å². The molecule has 1 fully saturated rings. The van der Waals surface area contributed by atoms with Gasteiger partial charge in [0.25, 0.3) is 0 Å². The van der Waals surface area contributed by atoms with Crippen LogP contribution in [0.2, 0.25) is 0 Å². The van der Waals surface area contributed by atoms with Crippen LogP contribution in [-0.2, 0) is 10.0 Å². The normalized spacial score (nSPS) is 15.5. The largest absolute Gasteiger partial charge is 0.352 e. The monoisotopic (exact) mass is 399 g/mol. The minimum atomic E-state index is -3.85. The van der Waals surface area contributed by atoms with Gasteiger partial charge in [0.2, 0.25) is 10.0 Å². The molecule has 1 saturated heterocycles. The Bertz CT molecular complexity index is 1050. The Morgan fingerprint density at radius 3 is 2.21 bits per heavy atom. The molecule has 0 radical (unpaired) electrons. The summed E-state index contributed by atoms with van der Waals surface area (Å²) in [5, 5.41) is 8.46. The van der Waals surface area contributed by atoms with Gasteiger partial charge in [-0.05, 0) is 36.4 Å². The highest BCUT2D eigenvalue weighted by Gasteiger charge is 2.30. The van der Waals surface area contributed by atoms with Crippen molar-refractivity contribution in [1.29, 1.82) is 0 Å². The third-order valence-electron chi connectivity index (χ3n) is 4.59. The lowest BCUT2D eigenvalue weighted by Crippen LogP contribution is -2.49. The maximum atomic E-state index is 13.9. The lowest BCUT2D eigenvalue weighted by Gasteiger charge is -2.34. The van der Waals surface area contributed by atoms with E-state index < -0.39 is 15.8 Å². The van der Waals surface area contributed by atoms with Crippen LogP contribution >= 0.6 is 0 Å². The fourth-order valence-corrected chi connectivity index (χ4v) is 4.58. The van der Waals surface area contributed by atoms with Crippen molar-refractivity contribution in [3.63, 3.8) is 0 Å². The Kier molecular flexibility index (Phi) is 5.01. The molecule has 0 atom stereocenters. The summed E-state index contributed by atoms with van der Waals surface area (Å²) in [5.41, 5.74) is 1.41. The summed E-state index contributed by atoms with van der Waals surface area (Å²) in [6.07, 6.45) is 1.69. The van der Waals surface area contributed by atoms with Gasteiger partial charge in [-0.3, -0.25) is 4.98 Å². The van der Waals surface area contributed by atoms with Crippen LogP contribution in [0.1, 0.15) is 0 Å². The molecule has 1 aromatic carbocycles. The summed E-state index contributed by atoms with van der Waals surface area (Å²) >= 11 is 0. The summed E-state index contributed by atoms with van der Waals surface area (Å²) in [4.78, 5) is 5.92. The first-order valence-electron chi connectivity index (χ1n) is 8.80. The van der Waals surface area contributed by atoms with E-state index in [1.807, 2.05) is 35.2 Å². The molecule has 144 valence electrons. The van der Waals surface area contributed by atoms with Crippen molar-refractivity contribution in [2.45, 2.75) is 4.90 Å². The molecule has 7 nitrogen and oxygen atoms in total. The predicted molar refractivity (Wildman–Crippen MR) is 103 cm³/mol. The van der Waals surface area contributed by atoms with E-state index in [0.717, 1.165) is 11.8 Å². The van der Waals surface area contributed by atoms with Crippen molar-refractivity contribution >= 4 is 15.8 Å². The van der Waals surface area contributed by atoms with E-state index in [1.54, 1.807) is 6.20 Å². The van der Waals surface area contributed by atoms with Crippen LogP contribution in [0, 0.1) is 5.82 Å². The molecule has 0 aliphatic carbocycles. The van der Waals surface area contributed by atoms with Crippen molar-refractivity contribution in [3.8, 4) is 11.4 Å². The average molecular weight is 399 g/mol. The number of anilines is 1. The van der Waals surface area contributed by atoms with Crippen molar-refractivity contribution < 1.29 is 12.8 Å². The second kappa shape index (κ2) is 7.61. The number of rotatable bonds is 4. The molecule has 4 rings (SSSR count). The van der Waals surface area contributed by atoms with Crippen LogP contribution in [0.5, 0.6) is 0 Å². The summed E-state index contributed by atoms with van der Waals surface area (Å²) in [5.74, 6) is -0.0662. The standard InChI is InChI=1S/C19H18FN5O2S/c20-15-5-1-2-7-18(15)28(26,27)25-13-11-24(12-14-25)19-9-8-17(22-23-19)16-6-3-4-10-21-16/h1-10H,11-14H2. The zero-order valence-corrected chi connectivity index (χ0v) is 15.8. The fourth-order valence-electron chi connectivity index (χ4n) is 3.10. The van der Waals surface area contributed by atoms with Gasteiger partial charge >= 0.3 is 0 Å². The number of aromatic nitrogens is 3. The third-order valence-corrected chi connectivity index (χ3v) is 6.53. The highest BCUT2D eigenvalue weighted by molar-refractivity contribution is 7.89. The molecule has 28 heavy (non-hydrogen) atoms. The number of sulfonamides is 1. The Labute approximate surface area is 162 Å². The van der Waals surface area contributed by atoms with E-state index in [2.05, 4.69) is 15.2 Å². The van der Waals surface area contributed by atoms with Gasteiger partial charge in [-0.1, -0.05) is 18.2 Å². The maximum absolute atomic E-state index is 13.9. The molecule has 0 unspecified atom stereocenters. The van der Waals surface area contributed by atoms with Gasteiger partial charge in [-0.2, -0.15) is 4.31 Å². The molecular formula is C19H18FN5O2S. The smallest absolute Gasteiger partial charge is 0.246 e. The number of halogens is 1. The molecule has 0 bridgehead atoms. The van der Waals surface area contributed by atoms with Crippen molar-refractivity contribution in [3.05, 3.63) is 66.6 Å². The quantitative estimate of drug-likeness (QED) is 0.669. The van der Waals surface area contributed by atoms with Gasteiger partial charge in [0, 0.05) is 32.4 Å². The van der Waals surface area contributed by atoms with Crippen molar-refractivity contribution in [2.75, 3.05) is 31.1 Å². The second-order valence-electron chi connectivity index (χ2n) is 6.31. The van der Waals surface area contributed by atoms with Crippen LogP contribution in [0.4, 0.5) is 10.2 Å². The van der Waals surface area contributed by atoms with Crippen molar-refractivity contribution in [1.82, 2.24) is 19.5 Å². The summed E-state index contributed by atoms with van der Waals surface area (Å²) in [6.45, 7) is 1.40. The fraction of sp³-hybridized carbons (Fsp3) is 0.211. The van der Waals surface area contributed by atoms with Gasteiger partial charge in [0.05, 0.1) is 5.69 Å². The van der Waals surface area contributed by atoms with Gasteiger partial charge in [-0.15, -0.1) is 10.2 Å². The minimum Gasteiger partial charge on any atom is -0.352 e. The number of hydrogen-bond acceptors (Lipinski definition) is 6. The topological polar surface area (TPSA) is 79.3 Å². The number of hydrogen-bond donors (Lipinski definition) is 0. The summed E-state index contributed by atoms with van der Waals surface area (Å²) in [6, 6.07) is 14.7. The first-order valence-corrected chi connectivity index (χ1v) is 10.2. The van der Waals surface area contributed by atoms with Crippen LogP contribution < -0.4 is 4.90 Å². The molecule has 3 aromatic rings. The highest BCUT2D eigenvalue weighted by atomic mass is 32.2. The molecule has 3 heterocycles. The average Bonchev–Trinajstić information content (AvgIpc) is 2.75. The zero-order chi connectivity index (χ0) is 19.6. The summed E-state index contributed by atoms with van der Waals surface area (Å²) in [7, 11) is -3.85. The predicted octanol–water partition coefficient (Wildman–Crippen LogP) is 2.19. The van der Waals surface area contributed by atoms with E-state index in [4.69, 9.17) is 0 Å². The zero-order valence-electron chi connectivity index (χ0n) is 14.9. The molecule has 0 amide bonds. The van der Waals surface area contributed by atoms with E-state index >= 15 is 0 Å². The van der Waals surface area contributed by atoms with Gasteiger partial charge in [-0.25, -0.2) is 12.8 Å². The number of nitrogens with zero attached hydrogens (tertiary/aromatic N) is 5. The first-order chi connectivity index (χ1) is 13.6. The number of pyridine rings is 1. The summed E-state index contributed by atoms with van der Waals surface area (Å²) < 4.78 is 40.6. The SMILES string of the molecule is O=S(=O)(c1ccccc1F)N1CCN(c2ccc(-c3ccccn3)nn2)CC1. The third kappa shape index (κ3) is 3.58. The van der Waals surface area contributed by atoms with Crippen LogP contribution in [-0.4, -0.2) is 54.1 Å². The minimum absolute atomic E-state index is 0.250. The first kappa shape index (κ1) is 18.5. The number of piperazine rings is 1. The lowest BCUT2D eigenvalue weighted by molar-refractivity contribution is 0.381. The Morgan fingerprint density at radius 2 is 1.57 bits per heavy atom. The Hall–Kier alpha value is -2.91. The lowest BCUT2D eigenvalue weighted by atomic mass is 10.2. The molecule has 1 aliphatic rings. The molecule has 0 spiro atoms. The Balaban J connectivity index is 1.45. The number of benzene rings is 1. The molecule has 1 aliphatic heterocycles. The van der Waals surface area contributed by atoms with E-state index in [0.29, 0.717) is 24.6 Å². The van der Waals surface area contributed by atoms with E-state index in [1.165, 1.54) is 22.5 Å².